The Bertz CT molecular complexity index is 905. The van der Waals surface area contributed by atoms with Gasteiger partial charge in [-0.3, -0.25) is 4.79 Å². The molecule has 3 aromatic carbocycles. The molecule has 0 spiro atoms. The maximum Gasteiger partial charge on any atom is 0.255 e. The third-order valence-corrected chi connectivity index (χ3v) is 4.18. The number of benzene rings is 3. The highest BCUT2D eigenvalue weighted by Crippen LogP contribution is 2.27. The van der Waals surface area contributed by atoms with E-state index in [9.17, 15) is 4.79 Å². The van der Waals surface area contributed by atoms with Crippen molar-refractivity contribution < 1.29 is 9.53 Å². The Labute approximate surface area is 149 Å². The first-order chi connectivity index (χ1) is 11.7. The minimum absolute atomic E-state index is 0.166. The van der Waals surface area contributed by atoms with E-state index in [1.165, 1.54) is 0 Å². The van der Waals surface area contributed by atoms with Crippen LogP contribution in [-0.2, 0) is 0 Å². The molecular weight excluding hydrogens is 366 g/mol. The molecule has 1 amide bonds. The summed E-state index contributed by atoms with van der Waals surface area (Å²) in [4.78, 5) is 12.4. The zero-order valence-electron chi connectivity index (χ0n) is 13.0. The predicted octanol–water partition coefficient (Wildman–Crippen LogP) is 5.42. The fraction of sp³-hybridized carbons (Fsp3) is 0.0500. The van der Waals surface area contributed by atoms with E-state index in [0.29, 0.717) is 17.9 Å². The van der Waals surface area contributed by atoms with Crippen molar-refractivity contribution in [1.29, 1.82) is 0 Å². The molecule has 3 rings (SSSR count). The number of carbonyl (C=O) groups excluding carboxylic acids is 1. The van der Waals surface area contributed by atoms with Crippen LogP contribution in [0.2, 0.25) is 0 Å². The summed E-state index contributed by atoms with van der Waals surface area (Å²) in [5, 5.41) is 5.15. The smallest absolute Gasteiger partial charge is 0.255 e. The fourth-order valence-electron chi connectivity index (χ4n) is 2.38. The number of amides is 1. The standard InChI is InChI=1S/C20H16BrNO2/c1-2-11-24-19-10-8-16(13-18(19)21)20(23)22-17-9-7-14-5-3-4-6-15(14)12-17/h2-10,12-13H,1,11H2,(H,22,23). The number of hydrogen-bond donors (Lipinski definition) is 1. The number of carbonyl (C=O) groups is 1. The van der Waals surface area contributed by atoms with E-state index in [1.807, 2.05) is 42.5 Å². The minimum atomic E-state index is -0.166. The molecule has 0 aliphatic heterocycles. The molecule has 0 bridgehead atoms. The second-order valence-electron chi connectivity index (χ2n) is 5.26. The van der Waals surface area contributed by atoms with Gasteiger partial charge in [0.25, 0.3) is 5.91 Å². The molecule has 0 aromatic heterocycles. The van der Waals surface area contributed by atoms with Gasteiger partial charge in [0.15, 0.2) is 0 Å². The van der Waals surface area contributed by atoms with Crippen molar-refractivity contribution >= 4 is 38.3 Å². The van der Waals surface area contributed by atoms with Crippen LogP contribution in [0.3, 0.4) is 0 Å². The summed E-state index contributed by atoms with van der Waals surface area (Å²) in [6.07, 6.45) is 1.67. The van der Waals surface area contributed by atoms with Gasteiger partial charge in [0.1, 0.15) is 12.4 Å². The second-order valence-corrected chi connectivity index (χ2v) is 6.12. The Morgan fingerprint density at radius 2 is 1.88 bits per heavy atom. The van der Waals surface area contributed by atoms with E-state index < -0.39 is 0 Å². The highest BCUT2D eigenvalue weighted by molar-refractivity contribution is 9.10. The van der Waals surface area contributed by atoms with Gasteiger partial charge in [-0.15, -0.1) is 0 Å². The van der Waals surface area contributed by atoms with Gasteiger partial charge in [-0.05, 0) is 57.0 Å². The van der Waals surface area contributed by atoms with E-state index in [2.05, 4.69) is 27.8 Å². The molecule has 24 heavy (non-hydrogen) atoms. The molecule has 4 heteroatoms. The molecule has 120 valence electrons. The molecule has 0 heterocycles. The first kappa shape index (κ1) is 16.3. The summed E-state index contributed by atoms with van der Waals surface area (Å²) in [7, 11) is 0. The van der Waals surface area contributed by atoms with Gasteiger partial charge in [-0.25, -0.2) is 0 Å². The average molecular weight is 382 g/mol. The van der Waals surface area contributed by atoms with Crippen molar-refractivity contribution in [2.24, 2.45) is 0 Å². The van der Waals surface area contributed by atoms with E-state index in [4.69, 9.17) is 4.74 Å². The fourth-order valence-corrected chi connectivity index (χ4v) is 2.87. The first-order valence-corrected chi connectivity index (χ1v) is 8.30. The maximum absolute atomic E-state index is 12.4. The lowest BCUT2D eigenvalue weighted by Gasteiger charge is -2.09. The molecule has 0 fully saturated rings. The zero-order chi connectivity index (χ0) is 16.9. The summed E-state index contributed by atoms with van der Waals surface area (Å²) in [6, 6.07) is 19.1. The van der Waals surface area contributed by atoms with Crippen LogP contribution in [0.15, 0.2) is 77.8 Å². The predicted molar refractivity (Wildman–Crippen MR) is 102 cm³/mol. The van der Waals surface area contributed by atoms with Crippen molar-refractivity contribution in [3.05, 3.63) is 83.4 Å². The topological polar surface area (TPSA) is 38.3 Å². The molecular formula is C20H16BrNO2. The van der Waals surface area contributed by atoms with Crippen LogP contribution < -0.4 is 10.1 Å². The van der Waals surface area contributed by atoms with Gasteiger partial charge < -0.3 is 10.1 Å². The van der Waals surface area contributed by atoms with Crippen molar-refractivity contribution in [3.63, 3.8) is 0 Å². The van der Waals surface area contributed by atoms with Gasteiger partial charge in [-0.2, -0.15) is 0 Å². The van der Waals surface area contributed by atoms with Gasteiger partial charge >= 0.3 is 0 Å². The molecule has 0 radical (unpaired) electrons. The van der Waals surface area contributed by atoms with Crippen LogP contribution in [0.25, 0.3) is 10.8 Å². The summed E-state index contributed by atoms with van der Waals surface area (Å²) < 4.78 is 6.22. The Morgan fingerprint density at radius 3 is 2.62 bits per heavy atom. The number of hydrogen-bond acceptors (Lipinski definition) is 2. The van der Waals surface area contributed by atoms with Crippen LogP contribution in [0, 0.1) is 0 Å². The average Bonchev–Trinajstić information content (AvgIpc) is 2.60. The van der Waals surface area contributed by atoms with E-state index in [-0.39, 0.29) is 5.91 Å². The lowest BCUT2D eigenvalue weighted by Crippen LogP contribution is -2.12. The lowest BCUT2D eigenvalue weighted by atomic mass is 10.1. The van der Waals surface area contributed by atoms with Crippen LogP contribution >= 0.6 is 15.9 Å². The van der Waals surface area contributed by atoms with Crippen LogP contribution in [0.4, 0.5) is 5.69 Å². The quantitative estimate of drug-likeness (QED) is 0.599. The summed E-state index contributed by atoms with van der Waals surface area (Å²) >= 11 is 3.42. The Hall–Kier alpha value is -2.59. The maximum atomic E-state index is 12.4. The van der Waals surface area contributed by atoms with Gasteiger partial charge in [-0.1, -0.05) is 43.0 Å². The molecule has 3 nitrogen and oxygen atoms in total. The molecule has 0 saturated heterocycles. The summed E-state index contributed by atoms with van der Waals surface area (Å²) in [5.74, 6) is 0.512. The van der Waals surface area contributed by atoms with E-state index in [0.717, 1.165) is 20.9 Å². The third kappa shape index (κ3) is 3.66. The number of anilines is 1. The molecule has 0 saturated carbocycles. The van der Waals surface area contributed by atoms with Crippen molar-refractivity contribution in [2.75, 3.05) is 11.9 Å². The van der Waals surface area contributed by atoms with Gasteiger partial charge in [0.05, 0.1) is 4.47 Å². The first-order valence-electron chi connectivity index (χ1n) is 7.51. The number of fused-ring (bicyclic) bond motifs is 1. The molecule has 0 aliphatic rings. The zero-order valence-corrected chi connectivity index (χ0v) is 14.5. The molecule has 0 aliphatic carbocycles. The SMILES string of the molecule is C=CCOc1ccc(C(=O)Nc2ccc3ccccc3c2)cc1Br. The number of ether oxygens (including phenoxy) is 1. The summed E-state index contributed by atoms with van der Waals surface area (Å²) in [6.45, 7) is 4.03. The third-order valence-electron chi connectivity index (χ3n) is 3.56. The van der Waals surface area contributed by atoms with Crippen molar-refractivity contribution in [2.45, 2.75) is 0 Å². The van der Waals surface area contributed by atoms with Crippen LogP contribution in [-0.4, -0.2) is 12.5 Å². The van der Waals surface area contributed by atoms with Gasteiger partial charge in [0, 0.05) is 11.3 Å². The normalized spacial score (nSPS) is 10.4. The van der Waals surface area contributed by atoms with Crippen LogP contribution in [0.5, 0.6) is 5.75 Å². The number of nitrogens with one attached hydrogen (secondary N) is 1. The number of halogens is 1. The van der Waals surface area contributed by atoms with Crippen molar-refractivity contribution in [1.82, 2.24) is 0 Å². The van der Waals surface area contributed by atoms with Gasteiger partial charge in [0.2, 0.25) is 0 Å². The largest absolute Gasteiger partial charge is 0.488 e. The monoisotopic (exact) mass is 381 g/mol. The lowest BCUT2D eigenvalue weighted by molar-refractivity contribution is 0.102. The summed E-state index contributed by atoms with van der Waals surface area (Å²) in [5.41, 5.74) is 1.32. The molecule has 3 aromatic rings. The van der Waals surface area contributed by atoms with E-state index >= 15 is 0 Å². The number of rotatable bonds is 5. The highest BCUT2D eigenvalue weighted by atomic mass is 79.9. The molecule has 0 atom stereocenters. The molecule has 1 N–H and O–H groups in total. The van der Waals surface area contributed by atoms with Crippen molar-refractivity contribution in [3.8, 4) is 5.75 Å². The van der Waals surface area contributed by atoms with Crippen LogP contribution in [0.1, 0.15) is 10.4 Å². The minimum Gasteiger partial charge on any atom is -0.488 e. The Kier molecular flexibility index (Phi) is 4.96. The second kappa shape index (κ2) is 7.32. The Morgan fingerprint density at radius 1 is 1.08 bits per heavy atom. The molecule has 0 unspecified atom stereocenters. The highest BCUT2D eigenvalue weighted by Gasteiger charge is 2.10. The Balaban J connectivity index is 1.78. The van der Waals surface area contributed by atoms with E-state index in [1.54, 1.807) is 24.3 Å².